The van der Waals surface area contributed by atoms with Gasteiger partial charge in [0.05, 0.1) is 5.69 Å². The van der Waals surface area contributed by atoms with E-state index in [1.54, 1.807) is 0 Å². The number of aromatic nitrogens is 2. The first-order valence-corrected chi connectivity index (χ1v) is 6.06. The molecule has 0 radical (unpaired) electrons. The fourth-order valence-electron chi connectivity index (χ4n) is 1.74. The van der Waals surface area contributed by atoms with E-state index < -0.39 is 0 Å². The van der Waals surface area contributed by atoms with Gasteiger partial charge in [-0.05, 0) is 52.3 Å². The largest absolute Gasteiger partial charge is 0.396 e. The van der Waals surface area contributed by atoms with Gasteiger partial charge >= 0.3 is 0 Å². The van der Waals surface area contributed by atoms with Crippen molar-refractivity contribution in [1.82, 2.24) is 15.1 Å². The van der Waals surface area contributed by atoms with Crippen LogP contribution in [0.4, 0.5) is 0 Å². The van der Waals surface area contributed by atoms with Crippen LogP contribution in [0.25, 0.3) is 0 Å². The third-order valence-electron chi connectivity index (χ3n) is 2.59. The highest BCUT2D eigenvalue weighted by molar-refractivity contribution is 5.06. The van der Waals surface area contributed by atoms with Crippen molar-refractivity contribution in [3.05, 3.63) is 17.5 Å². The van der Waals surface area contributed by atoms with Gasteiger partial charge in [0.1, 0.15) is 0 Å². The third-order valence-corrected chi connectivity index (χ3v) is 2.59. The third kappa shape index (κ3) is 4.77. The Hall–Kier alpha value is -0.870. The van der Waals surface area contributed by atoms with Gasteiger partial charge < -0.3 is 10.4 Å². The van der Waals surface area contributed by atoms with Crippen LogP contribution in [0.2, 0.25) is 0 Å². The molecule has 0 unspecified atom stereocenters. The molecule has 0 aliphatic heterocycles. The standard InChI is InChI=1S/C12H23N3O/c1-11-10-12(2)15(14-11)8-5-7-13-6-3-4-9-16/h10,13,16H,3-9H2,1-2H3. The average Bonchev–Trinajstić information content (AvgIpc) is 2.56. The number of unbranched alkanes of at least 4 members (excludes halogenated alkanes) is 1. The molecule has 4 nitrogen and oxygen atoms in total. The summed E-state index contributed by atoms with van der Waals surface area (Å²) in [6, 6.07) is 2.11. The van der Waals surface area contributed by atoms with Crippen LogP contribution in [-0.2, 0) is 6.54 Å². The maximum Gasteiger partial charge on any atom is 0.0596 e. The molecular weight excluding hydrogens is 202 g/mol. The molecule has 1 aromatic rings. The lowest BCUT2D eigenvalue weighted by Crippen LogP contribution is -2.19. The summed E-state index contributed by atoms with van der Waals surface area (Å²) in [4.78, 5) is 0. The lowest BCUT2D eigenvalue weighted by molar-refractivity contribution is 0.283. The Morgan fingerprint density at radius 3 is 2.62 bits per heavy atom. The summed E-state index contributed by atoms with van der Waals surface area (Å²) >= 11 is 0. The van der Waals surface area contributed by atoms with Gasteiger partial charge in [0.15, 0.2) is 0 Å². The first-order chi connectivity index (χ1) is 7.74. The number of nitrogens with one attached hydrogen (secondary N) is 1. The number of rotatable bonds is 8. The van der Waals surface area contributed by atoms with E-state index in [9.17, 15) is 0 Å². The van der Waals surface area contributed by atoms with Gasteiger partial charge in [-0.3, -0.25) is 4.68 Å². The Kier molecular flexibility index (Phi) is 6.11. The van der Waals surface area contributed by atoms with Crippen LogP contribution in [0.5, 0.6) is 0 Å². The van der Waals surface area contributed by atoms with E-state index in [2.05, 4.69) is 28.1 Å². The van der Waals surface area contributed by atoms with E-state index >= 15 is 0 Å². The van der Waals surface area contributed by atoms with Crippen LogP contribution in [0.15, 0.2) is 6.07 Å². The molecule has 0 fully saturated rings. The first-order valence-electron chi connectivity index (χ1n) is 6.06. The summed E-state index contributed by atoms with van der Waals surface area (Å²) in [5.74, 6) is 0. The fourth-order valence-corrected chi connectivity index (χ4v) is 1.74. The van der Waals surface area contributed by atoms with E-state index in [0.717, 1.165) is 44.6 Å². The Bertz CT molecular complexity index is 296. The Morgan fingerprint density at radius 2 is 2.00 bits per heavy atom. The molecule has 4 heteroatoms. The van der Waals surface area contributed by atoms with E-state index in [-0.39, 0.29) is 0 Å². The van der Waals surface area contributed by atoms with Crippen molar-refractivity contribution in [2.75, 3.05) is 19.7 Å². The molecule has 0 amide bonds. The van der Waals surface area contributed by atoms with Crippen molar-refractivity contribution in [3.8, 4) is 0 Å². The van der Waals surface area contributed by atoms with E-state index in [1.165, 1.54) is 5.69 Å². The first kappa shape index (κ1) is 13.2. The number of aryl methyl sites for hydroxylation is 3. The highest BCUT2D eigenvalue weighted by Crippen LogP contribution is 2.02. The molecule has 0 atom stereocenters. The Labute approximate surface area is 97.7 Å². The van der Waals surface area contributed by atoms with Crippen molar-refractivity contribution in [2.45, 2.75) is 39.7 Å². The molecule has 0 bridgehead atoms. The molecule has 1 rings (SSSR count). The van der Waals surface area contributed by atoms with E-state index in [4.69, 9.17) is 5.11 Å². The molecule has 0 aliphatic carbocycles. The zero-order valence-corrected chi connectivity index (χ0v) is 10.4. The van der Waals surface area contributed by atoms with Gasteiger partial charge in [-0.2, -0.15) is 5.10 Å². The van der Waals surface area contributed by atoms with Crippen molar-refractivity contribution < 1.29 is 5.11 Å². The lowest BCUT2D eigenvalue weighted by Gasteiger charge is -2.05. The topological polar surface area (TPSA) is 50.1 Å². The molecule has 0 saturated carbocycles. The van der Waals surface area contributed by atoms with Crippen molar-refractivity contribution in [3.63, 3.8) is 0 Å². The second-order valence-corrected chi connectivity index (χ2v) is 4.18. The normalized spacial score (nSPS) is 10.9. The number of aliphatic hydroxyl groups is 1. The summed E-state index contributed by atoms with van der Waals surface area (Å²) in [5, 5.41) is 16.4. The molecular formula is C12H23N3O. The predicted molar refractivity (Wildman–Crippen MR) is 65.5 cm³/mol. The molecule has 92 valence electrons. The van der Waals surface area contributed by atoms with Gasteiger partial charge in [0.2, 0.25) is 0 Å². The van der Waals surface area contributed by atoms with Crippen LogP contribution >= 0.6 is 0 Å². The minimum absolute atomic E-state index is 0.299. The van der Waals surface area contributed by atoms with Crippen LogP contribution in [0.3, 0.4) is 0 Å². The molecule has 0 saturated heterocycles. The highest BCUT2D eigenvalue weighted by Gasteiger charge is 1.99. The monoisotopic (exact) mass is 225 g/mol. The zero-order valence-electron chi connectivity index (χ0n) is 10.4. The summed E-state index contributed by atoms with van der Waals surface area (Å²) in [5.41, 5.74) is 2.33. The predicted octanol–water partition coefficient (Wildman–Crippen LogP) is 1.25. The van der Waals surface area contributed by atoms with Gasteiger partial charge in [-0.1, -0.05) is 0 Å². The average molecular weight is 225 g/mol. The number of hydrogen-bond donors (Lipinski definition) is 2. The minimum atomic E-state index is 0.299. The maximum atomic E-state index is 8.61. The SMILES string of the molecule is Cc1cc(C)n(CCCNCCCCO)n1. The smallest absolute Gasteiger partial charge is 0.0596 e. The molecule has 2 N–H and O–H groups in total. The molecule has 1 heterocycles. The second-order valence-electron chi connectivity index (χ2n) is 4.18. The summed E-state index contributed by atoms with van der Waals surface area (Å²) in [6.45, 7) is 7.41. The summed E-state index contributed by atoms with van der Waals surface area (Å²) in [6.07, 6.45) is 3.04. The summed E-state index contributed by atoms with van der Waals surface area (Å²) < 4.78 is 2.06. The molecule has 0 aromatic carbocycles. The highest BCUT2D eigenvalue weighted by atomic mass is 16.2. The van der Waals surface area contributed by atoms with E-state index in [1.807, 2.05) is 6.92 Å². The maximum absolute atomic E-state index is 8.61. The number of aliphatic hydroxyl groups excluding tert-OH is 1. The molecule has 1 aromatic heterocycles. The van der Waals surface area contributed by atoms with Gasteiger partial charge in [-0.15, -0.1) is 0 Å². The minimum Gasteiger partial charge on any atom is -0.396 e. The fraction of sp³-hybridized carbons (Fsp3) is 0.750. The van der Waals surface area contributed by atoms with Gasteiger partial charge in [-0.25, -0.2) is 0 Å². The Balaban J connectivity index is 2.05. The van der Waals surface area contributed by atoms with Crippen LogP contribution in [0, 0.1) is 13.8 Å². The molecule has 16 heavy (non-hydrogen) atoms. The van der Waals surface area contributed by atoms with Crippen LogP contribution < -0.4 is 5.32 Å². The van der Waals surface area contributed by atoms with Crippen molar-refractivity contribution >= 4 is 0 Å². The quantitative estimate of drug-likeness (QED) is 0.655. The molecule has 0 spiro atoms. The Morgan fingerprint density at radius 1 is 1.25 bits per heavy atom. The number of nitrogens with zero attached hydrogens (tertiary/aromatic N) is 2. The van der Waals surface area contributed by atoms with Gasteiger partial charge in [0.25, 0.3) is 0 Å². The molecule has 0 aliphatic rings. The lowest BCUT2D eigenvalue weighted by atomic mass is 10.3. The van der Waals surface area contributed by atoms with Gasteiger partial charge in [0, 0.05) is 18.8 Å². The van der Waals surface area contributed by atoms with E-state index in [0.29, 0.717) is 6.61 Å². The summed E-state index contributed by atoms with van der Waals surface area (Å²) in [7, 11) is 0. The number of hydrogen-bond acceptors (Lipinski definition) is 3. The second kappa shape index (κ2) is 7.41. The van der Waals surface area contributed by atoms with Crippen molar-refractivity contribution in [2.24, 2.45) is 0 Å². The zero-order chi connectivity index (χ0) is 11.8. The van der Waals surface area contributed by atoms with Crippen molar-refractivity contribution in [1.29, 1.82) is 0 Å². The van der Waals surface area contributed by atoms with Crippen LogP contribution in [0.1, 0.15) is 30.7 Å². The van der Waals surface area contributed by atoms with Crippen LogP contribution in [-0.4, -0.2) is 34.6 Å².